The molecule has 0 unspecified atom stereocenters. The minimum absolute atomic E-state index is 0.0180. The Morgan fingerprint density at radius 1 is 1.19 bits per heavy atom. The van der Waals surface area contributed by atoms with Gasteiger partial charge in [0.2, 0.25) is 5.91 Å². The van der Waals surface area contributed by atoms with E-state index in [1.165, 1.54) is 7.11 Å². The second-order valence-electron chi connectivity index (χ2n) is 6.34. The summed E-state index contributed by atoms with van der Waals surface area (Å²) < 4.78 is 15.9. The van der Waals surface area contributed by atoms with Gasteiger partial charge in [0.05, 0.1) is 18.9 Å². The van der Waals surface area contributed by atoms with E-state index in [1.807, 2.05) is 20.8 Å². The van der Waals surface area contributed by atoms with E-state index in [0.717, 1.165) is 11.3 Å². The maximum Gasteiger partial charge on any atom is 0.269 e. The fraction of sp³-hybridized carbons (Fsp3) is 0.421. The van der Waals surface area contributed by atoms with Crippen molar-refractivity contribution in [1.82, 2.24) is 16.0 Å². The monoisotopic (exact) mass is 375 g/mol. The molecule has 0 aliphatic carbocycles. The number of carbonyl (C=O) groups is 2. The minimum atomic E-state index is -0.449. The van der Waals surface area contributed by atoms with Crippen LogP contribution in [0.5, 0.6) is 11.5 Å². The molecule has 2 rings (SSSR count). The van der Waals surface area contributed by atoms with E-state index < -0.39 is 5.91 Å². The first kappa shape index (κ1) is 20.3. The topological polar surface area (TPSA) is 103 Å². The molecule has 2 amide bonds. The summed E-state index contributed by atoms with van der Waals surface area (Å²) in [6.45, 7) is 7.43. The molecule has 8 nitrogen and oxygen atoms in total. The standard InChI is InChI=1S/C19H25N3O5/c1-11(2)26-16-8-6-14(10-17(16)25-5)19(24)21-20-18(23)9-7-15-12(3)22-27-13(15)4/h6,8,10-11H,7,9H2,1-5H3,(H,20,23)(H,21,24). The molecule has 2 aromatic rings. The smallest absolute Gasteiger partial charge is 0.269 e. The largest absolute Gasteiger partial charge is 0.493 e. The number of aryl methyl sites for hydroxylation is 2. The van der Waals surface area contributed by atoms with Crippen LogP contribution in [0.3, 0.4) is 0 Å². The molecule has 1 aromatic carbocycles. The minimum Gasteiger partial charge on any atom is -0.493 e. The number of hydrazine groups is 1. The SMILES string of the molecule is COc1cc(C(=O)NNC(=O)CCc2c(C)noc2C)ccc1OC(C)C. The Morgan fingerprint density at radius 2 is 1.93 bits per heavy atom. The molecule has 0 bridgehead atoms. The van der Waals surface area contributed by atoms with Gasteiger partial charge in [-0.3, -0.25) is 20.4 Å². The van der Waals surface area contributed by atoms with Gasteiger partial charge in [-0.05, 0) is 52.3 Å². The summed E-state index contributed by atoms with van der Waals surface area (Å²) in [6.07, 6.45) is 0.668. The van der Waals surface area contributed by atoms with Crippen molar-refractivity contribution in [1.29, 1.82) is 0 Å². The molecule has 0 fully saturated rings. The summed E-state index contributed by atoms with van der Waals surface area (Å²) in [5.41, 5.74) is 6.81. The Hall–Kier alpha value is -3.03. The van der Waals surface area contributed by atoms with Gasteiger partial charge < -0.3 is 14.0 Å². The third-order valence-electron chi connectivity index (χ3n) is 3.89. The fourth-order valence-electron chi connectivity index (χ4n) is 2.52. The third kappa shape index (κ3) is 5.47. The Labute approximate surface area is 158 Å². The van der Waals surface area contributed by atoms with Gasteiger partial charge in [-0.15, -0.1) is 0 Å². The van der Waals surface area contributed by atoms with Crippen LogP contribution in [0.1, 0.15) is 47.6 Å². The summed E-state index contributed by atoms with van der Waals surface area (Å²) in [5.74, 6) is 0.930. The van der Waals surface area contributed by atoms with Crippen molar-refractivity contribution in [3.63, 3.8) is 0 Å². The molecule has 146 valence electrons. The first-order valence-corrected chi connectivity index (χ1v) is 8.67. The summed E-state index contributed by atoms with van der Waals surface area (Å²) in [7, 11) is 1.50. The zero-order chi connectivity index (χ0) is 20.0. The highest BCUT2D eigenvalue weighted by molar-refractivity contribution is 5.96. The van der Waals surface area contributed by atoms with Crippen molar-refractivity contribution >= 4 is 11.8 Å². The van der Waals surface area contributed by atoms with Gasteiger partial charge in [-0.25, -0.2) is 0 Å². The van der Waals surface area contributed by atoms with Crippen molar-refractivity contribution < 1.29 is 23.6 Å². The Morgan fingerprint density at radius 3 is 2.52 bits per heavy atom. The molecular weight excluding hydrogens is 350 g/mol. The normalized spacial score (nSPS) is 10.6. The zero-order valence-corrected chi connectivity index (χ0v) is 16.2. The average Bonchev–Trinajstić information content (AvgIpc) is 2.95. The number of amides is 2. The van der Waals surface area contributed by atoms with E-state index in [2.05, 4.69) is 16.0 Å². The predicted octanol–water partition coefficient (Wildman–Crippen LogP) is 2.48. The number of methoxy groups -OCH3 is 1. The highest BCUT2D eigenvalue weighted by atomic mass is 16.5. The maximum atomic E-state index is 12.2. The summed E-state index contributed by atoms with van der Waals surface area (Å²) in [5, 5.41) is 3.85. The molecule has 27 heavy (non-hydrogen) atoms. The first-order valence-electron chi connectivity index (χ1n) is 8.67. The zero-order valence-electron chi connectivity index (χ0n) is 16.2. The van der Waals surface area contributed by atoms with Crippen LogP contribution >= 0.6 is 0 Å². The lowest BCUT2D eigenvalue weighted by Crippen LogP contribution is -2.41. The van der Waals surface area contributed by atoms with E-state index in [1.54, 1.807) is 25.1 Å². The highest BCUT2D eigenvalue weighted by Gasteiger charge is 2.14. The van der Waals surface area contributed by atoms with Crippen molar-refractivity contribution in [2.24, 2.45) is 0 Å². The Kier molecular flexibility index (Phi) is 6.81. The number of nitrogens with zero attached hydrogens (tertiary/aromatic N) is 1. The second-order valence-corrected chi connectivity index (χ2v) is 6.34. The van der Waals surface area contributed by atoms with Crippen molar-refractivity contribution in [3.8, 4) is 11.5 Å². The van der Waals surface area contributed by atoms with Crippen LogP contribution in [0, 0.1) is 13.8 Å². The Bertz CT molecular complexity index is 794. The maximum absolute atomic E-state index is 12.2. The van der Waals surface area contributed by atoms with Crippen LogP contribution in [0.2, 0.25) is 0 Å². The Balaban J connectivity index is 1.90. The number of hydrogen-bond donors (Lipinski definition) is 2. The average molecular weight is 375 g/mol. The number of nitrogens with one attached hydrogen (secondary N) is 2. The van der Waals surface area contributed by atoms with Crippen LogP contribution in [-0.2, 0) is 11.2 Å². The van der Waals surface area contributed by atoms with E-state index in [9.17, 15) is 9.59 Å². The van der Waals surface area contributed by atoms with Crippen LogP contribution in [0.25, 0.3) is 0 Å². The van der Waals surface area contributed by atoms with Crippen LogP contribution in [0.15, 0.2) is 22.7 Å². The van der Waals surface area contributed by atoms with Gasteiger partial charge in [-0.2, -0.15) is 0 Å². The summed E-state index contributed by atoms with van der Waals surface area (Å²) in [6, 6.07) is 4.82. The molecule has 0 saturated heterocycles. The molecule has 0 radical (unpaired) electrons. The van der Waals surface area contributed by atoms with Crippen LogP contribution in [-0.4, -0.2) is 30.2 Å². The molecule has 0 aliphatic heterocycles. The fourth-order valence-corrected chi connectivity index (χ4v) is 2.52. The van der Waals surface area contributed by atoms with Gasteiger partial charge in [0, 0.05) is 17.5 Å². The number of rotatable bonds is 7. The van der Waals surface area contributed by atoms with Gasteiger partial charge in [-0.1, -0.05) is 5.16 Å². The van der Waals surface area contributed by atoms with Crippen molar-refractivity contribution in [3.05, 3.63) is 40.8 Å². The van der Waals surface area contributed by atoms with Gasteiger partial charge in [0.15, 0.2) is 11.5 Å². The van der Waals surface area contributed by atoms with E-state index in [0.29, 0.717) is 29.2 Å². The lowest BCUT2D eigenvalue weighted by Gasteiger charge is -2.14. The summed E-state index contributed by atoms with van der Waals surface area (Å²) >= 11 is 0. The molecule has 0 saturated carbocycles. The van der Waals surface area contributed by atoms with Crippen molar-refractivity contribution in [2.75, 3.05) is 7.11 Å². The van der Waals surface area contributed by atoms with Crippen LogP contribution < -0.4 is 20.3 Å². The van der Waals surface area contributed by atoms with Gasteiger partial charge in [0.1, 0.15) is 5.76 Å². The lowest BCUT2D eigenvalue weighted by atomic mass is 10.1. The highest BCUT2D eigenvalue weighted by Crippen LogP contribution is 2.28. The molecule has 1 heterocycles. The number of benzene rings is 1. The summed E-state index contributed by atoms with van der Waals surface area (Å²) in [4.78, 5) is 24.2. The predicted molar refractivity (Wildman–Crippen MR) is 98.7 cm³/mol. The molecule has 0 atom stereocenters. The number of hydrogen-bond acceptors (Lipinski definition) is 6. The molecule has 8 heteroatoms. The molecule has 0 aliphatic rings. The van der Waals surface area contributed by atoms with Crippen molar-refractivity contribution in [2.45, 2.75) is 46.6 Å². The molecule has 2 N–H and O–H groups in total. The third-order valence-corrected chi connectivity index (χ3v) is 3.89. The van der Waals surface area contributed by atoms with Gasteiger partial charge in [0.25, 0.3) is 5.91 Å². The number of carbonyl (C=O) groups excluding carboxylic acids is 2. The number of aromatic nitrogens is 1. The molecule has 0 spiro atoms. The van der Waals surface area contributed by atoms with Crippen LogP contribution in [0.4, 0.5) is 0 Å². The molecular formula is C19H25N3O5. The lowest BCUT2D eigenvalue weighted by molar-refractivity contribution is -0.121. The number of ether oxygens (including phenoxy) is 2. The second kappa shape index (κ2) is 9.07. The van der Waals surface area contributed by atoms with E-state index in [-0.39, 0.29) is 18.4 Å². The van der Waals surface area contributed by atoms with E-state index in [4.69, 9.17) is 14.0 Å². The molecule has 1 aromatic heterocycles. The first-order chi connectivity index (χ1) is 12.8. The van der Waals surface area contributed by atoms with Gasteiger partial charge >= 0.3 is 0 Å². The quantitative estimate of drug-likeness (QED) is 0.721. The van der Waals surface area contributed by atoms with E-state index >= 15 is 0 Å².